The fraction of sp³-hybridized carbons (Fsp3) is 0.235. The van der Waals surface area contributed by atoms with Crippen molar-refractivity contribution in [3.05, 3.63) is 47.8 Å². The molecule has 26 heavy (non-hydrogen) atoms. The molecule has 0 saturated heterocycles. The highest BCUT2D eigenvalue weighted by Crippen LogP contribution is 2.32. The second kappa shape index (κ2) is 8.15. The predicted octanol–water partition coefficient (Wildman–Crippen LogP) is 3.99. The molecule has 0 radical (unpaired) electrons. The Balaban J connectivity index is 1.81. The fourth-order valence-electron chi connectivity index (χ4n) is 2.23. The Hall–Kier alpha value is -2.65. The minimum absolute atomic E-state index is 0.103. The Kier molecular flexibility index (Phi) is 5.69. The summed E-state index contributed by atoms with van der Waals surface area (Å²) in [6.07, 6.45) is 1.57. The van der Waals surface area contributed by atoms with Gasteiger partial charge in [-0.2, -0.15) is 0 Å². The number of aryl methyl sites for hydroxylation is 1. The number of aromatic nitrogens is 3. The first-order valence-corrected chi connectivity index (χ1v) is 8.64. The number of methoxy groups -OCH3 is 1. The maximum absolute atomic E-state index is 13.8. The van der Waals surface area contributed by atoms with Crippen molar-refractivity contribution in [2.75, 3.05) is 30.9 Å². The van der Waals surface area contributed by atoms with Crippen molar-refractivity contribution in [1.82, 2.24) is 15.0 Å². The van der Waals surface area contributed by atoms with E-state index in [1.165, 1.54) is 23.5 Å². The average Bonchev–Trinajstić information content (AvgIpc) is 2.99. The zero-order valence-corrected chi connectivity index (χ0v) is 15.0. The molecule has 0 aliphatic carbocycles. The molecule has 3 aromatic rings. The van der Waals surface area contributed by atoms with Crippen LogP contribution in [-0.4, -0.2) is 35.2 Å². The molecular formula is C17H17F2N5OS. The van der Waals surface area contributed by atoms with E-state index in [0.29, 0.717) is 18.8 Å². The lowest BCUT2D eigenvalue weighted by Gasteiger charge is -2.07. The van der Waals surface area contributed by atoms with Crippen LogP contribution in [0.3, 0.4) is 0 Å². The van der Waals surface area contributed by atoms with Gasteiger partial charge in [0.1, 0.15) is 11.6 Å². The second-order valence-corrected chi connectivity index (χ2v) is 6.37. The highest BCUT2D eigenvalue weighted by molar-refractivity contribution is 7.19. The molecule has 9 heteroatoms. The van der Waals surface area contributed by atoms with Gasteiger partial charge in [-0.1, -0.05) is 11.3 Å². The molecule has 0 amide bonds. The van der Waals surface area contributed by atoms with Gasteiger partial charge in [-0.15, -0.1) is 0 Å². The van der Waals surface area contributed by atoms with Crippen molar-refractivity contribution >= 4 is 28.1 Å². The summed E-state index contributed by atoms with van der Waals surface area (Å²) >= 11 is 1.46. The van der Waals surface area contributed by atoms with Crippen molar-refractivity contribution in [1.29, 1.82) is 0 Å². The third-order valence-electron chi connectivity index (χ3n) is 3.44. The van der Waals surface area contributed by atoms with Crippen LogP contribution in [0.2, 0.25) is 0 Å². The Morgan fingerprint density at radius 1 is 1.19 bits per heavy atom. The van der Waals surface area contributed by atoms with Crippen LogP contribution in [0.5, 0.6) is 0 Å². The summed E-state index contributed by atoms with van der Waals surface area (Å²) < 4.78 is 31.8. The van der Waals surface area contributed by atoms with E-state index in [-0.39, 0.29) is 11.6 Å². The lowest BCUT2D eigenvalue weighted by molar-refractivity contribution is 0.211. The van der Waals surface area contributed by atoms with Gasteiger partial charge < -0.3 is 15.4 Å². The molecule has 2 heterocycles. The zero-order valence-electron chi connectivity index (χ0n) is 14.2. The Labute approximate surface area is 153 Å². The number of anilines is 3. The maximum atomic E-state index is 13.8. The molecule has 0 atom stereocenters. The van der Waals surface area contributed by atoms with Gasteiger partial charge in [0.2, 0.25) is 5.95 Å². The first kappa shape index (κ1) is 18.2. The monoisotopic (exact) mass is 377 g/mol. The van der Waals surface area contributed by atoms with Crippen LogP contribution in [-0.2, 0) is 4.74 Å². The van der Waals surface area contributed by atoms with Crippen molar-refractivity contribution in [2.24, 2.45) is 0 Å². The highest BCUT2D eigenvalue weighted by atomic mass is 32.1. The quantitative estimate of drug-likeness (QED) is 0.607. The van der Waals surface area contributed by atoms with E-state index in [4.69, 9.17) is 4.74 Å². The summed E-state index contributed by atoms with van der Waals surface area (Å²) in [6.45, 7) is 3.13. The Morgan fingerprint density at radius 3 is 2.81 bits per heavy atom. The number of ether oxygens (including phenoxy) is 1. The molecule has 2 N–H and O–H groups in total. The van der Waals surface area contributed by atoms with E-state index in [1.807, 2.05) is 6.92 Å². The van der Waals surface area contributed by atoms with Crippen LogP contribution in [0.1, 0.15) is 5.69 Å². The molecule has 0 spiro atoms. The molecule has 0 bridgehead atoms. The van der Waals surface area contributed by atoms with Gasteiger partial charge in [0.15, 0.2) is 5.13 Å². The number of halogens is 2. The Bertz CT molecular complexity index is 903. The predicted molar refractivity (Wildman–Crippen MR) is 97.9 cm³/mol. The van der Waals surface area contributed by atoms with Gasteiger partial charge in [0.25, 0.3) is 0 Å². The van der Waals surface area contributed by atoms with Crippen LogP contribution in [0.25, 0.3) is 10.6 Å². The molecule has 0 fully saturated rings. The number of hydrogen-bond acceptors (Lipinski definition) is 7. The molecule has 0 aliphatic heterocycles. The highest BCUT2D eigenvalue weighted by Gasteiger charge is 2.13. The third kappa shape index (κ3) is 4.30. The molecule has 136 valence electrons. The topological polar surface area (TPSA) is 72.0 Å². The lowest BCUT2D eigenvalue weighted by Crippen LogP contribution is -2.06. The van der Waals surface area contributed by atoms with Gasteiger partial charge in [-0.05, 0) is 25.1 Å². The molecule has 0 aliphatic rings. The standard InChI is InChI=1S/C17H17F2N5OS/c1-10-15(26-17(22-10)21-7-8-25-2)14-5-6-20-16(24-14)23-13-4-3-11(18)9-12(13)19/h3-6,9H,7-8H2,1-2H3,(H,21,22)(H,20,23,24). The number of nitrogens with one attached hydrogen (secondary N) is 2. The molecule has 3 rings (SSSR count). The van der Waals surface area contributed by atoms with E-state index < -0.39 is 11.6 Å². The molecule has 6 nitrogen and oxygen atoms in total. The molecule has 0 saturated carbocycles. The number of rotatable bonds is 7. The molecular weight excluding hydrogens is 360 g/mol. The van der Waals surface area contributed by atoms with Crippen LogP contribution in [0.15, 0.2) is 30.5 Å². The summed E-state index contributed by atoms with van der Waals surface area (Å²) in [7, 11) is 1.64. The van der Waals surface area contributed by atoms with Crippen LogP contribution < -0.4 is 10.6 Å². The fourth-order valence-corrected chi connectivity index (χ4v) is 3.19. The minimum atomic E-state index is -0.711. The summed E-state index contributed by atoms with van der Waals surface area (Å²) in [5.41, 5.74) is 1.60. The van der Waals surface area contributed by atoms with Crippen molar-refractivity contribution in [3.63, 3.8) is 0 Å². The Morgan fingerprint density at radius 2 is 2.04 bits per heavy atom. The average molecular weight is 377 g/mol. The summed E-state index contributed by atoms with van der Waals surface area (Å²) in [4.78, 5) is 13.8. The summed E-state index contributed by atoms with van der Waals surface area (Å²) in [5.74, 6) is -1.14. The van der Waals surface area contributed by atoms with Crippen LogP contribution >= 0.6 is 11.3 Å². The zero-order chi connectivity index (χ0) is 18.5. The number of hydrogen-bond donors (Lipinski definition) is 2. The first-order valence-electron chi connectivity index (χ1n) is 7.82. The van der Waals surface area contributed by atoms with Crippen molar-refractivity contribution in [3.8, 4) is 10.6 Å². The van der Waals surface area contributed by atoms with E-state index in [1.54, 1.807) is 19.4 Å². The summed E-state index contributed by atoms with van der Waals surface area (Å²) in [5, 5.41) is 6.72. The maximum Gasteiger partial charge on any atom is 0.227 e. The van der Waals surface area contributed by atoms with Crippen LogP contribution in [0, 0.1) is 18.6 Å². The number of nitrogens with zero attached hydrogens (tertiary/aromatic N) is 3. The van der Waals surface area contributed by atoms with Crippen molar-refractivity contribution < 1.29 is 13.5 Å². The normalized spacial score (nSPS) is 10.8. The first-order chi connectivity index (χ1) is 12.6. The molecule has 1 aromatic carbocycles. The molecule has 2 aromatic heterocycles. The van der Waals surface area contributed by atoms with Crippen molar-refractivity contribution in [2.45, 2.75) is 6.92 Å². The number of benzene rings is 1. The smallest absolute Gasteiger partial charge is 0.227 e. The lowest BCUT2D eigenvalue weighted by atomic mass is 10.3. The minimum Gasteiger partial charge on any atom is -0.383 e. The SMILES string of the molecule is COCCNc1nc(C)c(-c2ccnc(Nc3ccc(F)cc3F)n2)s1. The van der Waals surface area contributed by atoms with Gasteiger partial charge in [0.05, 0.1) is 28.6 Å². The van der Waals surface area contributed by atoms with Gasteiger partial charge in [-0.25, -0.2) is 23.7 Å². The van der Waals surface area contributed by atoms with E-state index in [2.05, 4.69) is 25.6 Å². The van der Waals surface area contributed by atoms with Gasteiger partial charge in [0, 0.05) is 25.9 Å². The number of thiazole rings is 1. The van der Waals surface area contributed by atoms with Crippen LogP contribution in [0.4, 0.5) is 25.5 Å². The second-order valence-electron chi connectivity index (χ2n) is 5.37. The largest absolute Gasteiger partial charge is 0.383 e. The molecule has 0 unspecified atom stereocenters. The summed E-state index contributed by atoms with van der Waals surface area (Å²) in [6, 6.07) is 5.03. The van der Waals surface area contributed by atoms with E-state index >= 15 is 0 Å². The van der Waals surface area contributed by atoms with Gasteiger partial charge in [-0.3, -0.25) is 0 Å². The van der Waals surface area contributed by atoms with E-state index in [9.17, 15) is 8.78 Å². The van der Waals surface area contributed by atoms with Gasteiger partial charge >= 0.3 is 0 Å². The van der Waals surface area contributed by atoms with E-state index in [0.717, 1.165) is 21.8 Å². The third-order valence-corrected chi connectivity index (χ3v) is 4.58.